The zero-order chi connectivity index (χ0) is 11.7. The normalized spacial score (nSPS) is 10.1. The molecule has 0 bridgehead atoms. The van der Waals surface area contributed by atoms with Crippen molar-refractivity contribution in [1.82, 2.24) is 0 Å². The van der Waals surface area contributed by atoms with Gasteiger partial charge in [-0.1, -0.05) is 0 Å². The quantitative estimate of drug-likeness (QED) is 0.804. The molecule has 80 valence electrons. The fourth-order valence-corrected chi connectivity index (χ4v) is 3.18. The van der Waals surface area contributed by atoms with E-state index in [1.54, 1.807) is 12.1 Å². The molecule has 0 aliphatic heterocycles. The van der Waals surface area contributed by atoms with Crippen LogP contribution in [0.1, 0.15) is 4.88 Å². The van der Waals surface area contributed by atoms with Crippen LogP contribution in [0.2, 0.25) is 0 Å². The highest BCUT2D eigenvalue weighted by atomic mass is 127. The van der Waals surface area contributed by atoms with E-state index in [1.807, 2.05) is 6.07 Å². The van der Waals surface area contributed by atoms with Crippen molar-refractivity contribution in [2.75, 3.05) is 5.73 Å². The second-order valence-electron chi connectivity index (χ2n) is 3.13. The summed E-state index contributed by atoms with van der Waals surface area (Å²) in [6, 6.07) is 8.34. The standard InChI is InChI=1S/C11H6FIN2S/c12-6-1-2-7(8(13)3-6)10-4-9(15)11(5-14)16-10/h1-4H,15H2. The number of benzene rings is 1. The van der Waals surface area contributed by atoms with Gasteiger partial charge in [0, 0.05) is 14.0 Å². The summed E-state index contributed by atoms with van der Waals surface area (Å²) in [5, 5.41) is 8.81. The molecule has 0 amide bonds. The number of rotatable bonds is 1. The summed E-state index contributed by atoms with van der Waals surface area (Å²) in [6.07, 6.45) is 0. The Morgan fingerprint density at radius 2 is 2.12 bits per heavy atom. The van der Waals surface area contributed by atoms with E-state index in [1.165, 1.54) is 23.5 Å². The van der Waals surface area contributed by atoms with E-state index in [4.69, 9.17) is 11.0 Å². The Bertz CT molecular complexity index is 586. The van der Waals surface area contributed by atoms with Crippen LogP contribution in [0.3, 0.4) is 0 Å². The number of thiophene rings is 1. The van der Waals surface area contributed by atoms with Gasteiger partial charge in [-0.3, -0.25) is 0 Å². The molecule has 0 saturated heterocycles. The maximum atomic E-state index is 12.9. The third kappa shape index (κ3) is 2.03. The molecular weight excluding hydrogens is 338 g/mol. The highest BCUT2D eigenvalue weighted by Gasteiger charge is 2.10. The summed E-state index contributed by atoms with van der Waals surface area (Å²) in [7, 11) is 0. The average Bonchev–Trinajstić information content (AvgIpc) is 2.59. The van der Waals surface area contributed by atoms with Gasteiger partial charge < -0.3 is 5.73 Å². The number of nitriles is 1. The highest BCUT2D eigenvalue weighted by molar-refractivity contribution is 14.1. The van der Waals surface area contributed by atoms with Crippen LogP contribution >= 0.6 is 33.9 Å². The largest absolute Gasteiger partial charge is 0.397 e. The molecule has 0 spiro atoms. The van der Waals surface area contributed by atoms with Crippen molar-refractivity contribution >= 4 is 39.6 Å². The third-order valence-electron chi connectivity index (χ3n) is 2.06. The number of halogens is 2. The van der Waals surface area contributed by atoms with E-state index in [0.29, 0.717) is 10.6 Å². The molecule has 0 aliphatic carbocycles. The Kier molecular flexibility index (Phi) is 3.12. The fourth-order valence-electron chi connectivity index (χ4n) is 1.31. The summed E-state index contributed by atoms with van der Waals surface area (Å²) < 4.78 is 13.7. The molecule has 0 radical (unpaired) electrons. The molecule has 2 N–H and O–H groups in total. The van der Waals surface area contributed by atoms with Gasteiger partial charge in [-0.05, 0) is 46.9 Å². The lowest BCUT2D eigenvalue weighted by Crippen LogP contribution is -1.83. The molecule has 0 aliphatic rings. The van der Waals surface area contributed by atoms with Crippen molar-refractivity contribution in [3.8, 4) is 16.5 Å². The van der Waals surface area contributed by atoms with Gasteiger partial charge in [0.25, 0.3) is 0 Å². The van der Waals surface area contributed by atoms with Crippen molar-refractivity contribution in [2.24, 2.45) is 0 Å². The minimum atomic E-state index is -0.266. The van der Waals surface area contributed by atoms with Gasteiger partial charge in [-0.25, -0.2) is 4.39 Å². The average molecular weight is 344 g/mol. The lowest BCUT2D eigenvalue weighted by molar-refractivity contribution is 0.627. The second-order valence-corrected chi connectivity index (χ2v) is 5.35. The van der Waals surface area contributed by atoms with Crippen molar-refractivity contribution in [3.05, 3.63) is 38.5 Å². The van der Waals surface area contributed by atoms with Crippen LogP contribution in [0.15, 0.2) is 24.3 Å². The van der Waals surface area contributed by atoms with E-state index in [9.17, 15) is 4.39 Å². The van der Waals surface area contributed by atoms with Crippen LogP contribution < -0.4 is 5.73 Å². The number of hydrogen-bond acceptors (Lipinski definition) is 3. The summed E-state index contributed by atoms with van der Waals surface area (Å²) in [5.74, 6) is -0.266. The van der Waals surface area contributed by atoms with Crippen LogP contribution in [0.5, 0.6) is 0 Å². The topological polar surface area (TPSA) is 49.8 Å². The molecule has 0 atom stereocenters. The first-order valence-electron chi connectivity index (χ1n) is 4.36. The Morgan fingerprint density at radius 3 is 2.69 bits per heavy atom. The van der Waals surface area contributed by atoms with Gasteiger partial charge in [0.1, 0.15) is 16.8 Å². The summed E-state index contributed by atoms with van der Waals surface area (Å²) in [6.45, 7) is 0. The van der Waals surface area contributed by atoms with E-state index >= 15 is 0 Å². The molecule has 0 saturated carbocycles. The van der Waals surface area contributed by atoms with Crippen molar-refractivity contribution in [1.29, 1.82) is 5.26 Å². The van der Waals surface area contributed by atoms with Gasteiger partial charge in [0.05, 0.1) is 5.69 Å². The zero-order valence-corrected chi connectivity index (χ0v) is 11.0. The van der Waals surface area contributed by atoms with Crippen LogP contribution in [-0.4, -0.2) is 0 Å². The maximum Gasteiger partial charge on any atom is 0.128 e. The summed E-state index contributed by atoms with van der Waals surface area (Å²) in [4.78, 5) is 1.38. The third-order valence-corrected chi connectivity index (χ3v) is 4.04. The molecule has 2 aromatic rings. The van der Waals surface area contributed by atoms with Crippen molar-refractivity contribution in [3.63, 3.8) is 0 Å². The Balaban J connectivity index is 2.55. The molecule has 1 heterocycles. The predicted octanol–water partition coefficient (Wildman–Crippen LogP) is 3.61. The van der Waals surface area contributed by atoms with Crippen LogP contribution in [-0.2, 0) is 0 Å². The van der Waals surface area contributed by atoms with E-state index in [2.05, 4.69) is 22.6 Å². The summed E-state index contributed by atoms with van der Waals surface area (Å²) >= 11 is 3.38. The smallest absolute Gasteiger partial charge is 0.128 e. The van der Waals surface area contributed by atoms with Gasteiger partial charge in [0.2, 0.25) is 0 Å². The van der Waals surface area contributed by atoms with Gasteiger partial charge in [-0.15, -0.1) is 11.3 Å². The first-order valence-corrected chi connectivity index (χ1v) is 6.26. The lowest BCUT2D eigenvalue weighted by atomic mass is 10.2. The number of nitrogens with two attached hydrogens (primary N) is 1. The Morgan fingerprint density at radius 1 is 1.38 bits per heavy atom. The van der Waals surface area contributed by atoms with Crippen molar-refractivity contribution < 1.29 is 4.39 Å². The predicted molar refractivity (Wildman–Crippen MR) is 71.6 cm³/mol. The first kappa shape index (κ1) is 11.4. The van der Waals surface area contributed by atoms with Gasteiger partial charge in [0.15, 0.2) is 0 Å². The molecule has 16 heavy (non-hydrogen) atoms. The number of hydrogen-bond donors (Lipinski definition) is 1. The number of nitrogens with zero attached hydrogens (tertiary/aromatic N) is 1. The lowest BCUT2D eigenvalue weighted by Gasteiger charge is -2.00. The molecule has 2 nitrogen and oxygen atoms in total. The monoisotopic (exact) mass is 344 g/mol. The van der Waals surface area contributed by atoms with E-state index in [-0.39, 0.29) is 5.82 Å². The minimum Gasteiger partial charge on any atom is -0.397 e. The molecule has 1 aromatic carbocycles. The Labute approximate surface area is 110 Å². The van der Waals surface area contributed by atoms with Crippen molar-refractivity contribution in [2.45, 2.75) is 0 Å². The first-order chi connectivity index (χ1) is 7.61. The van der Waals surface area contributed by atoms with Crippen LogP contribution in [0.4, 0.5) is 10.1 Å². The number of nitrogen functional groups attached to an aromatic ring is 1. The molecule has 2 rings (SSSR count). The second kappa shape index (κ2) is 4.39. The van der Waals surface area contributed by atoms with E-state index < -0.39 is 0 Å². The van der Waals surface area contributed by atoms with Crippen LogP contribution in [0.25, 0.3) is 10.4 Å². The molecular formula is C11H6FIN2S. The summed E-state index contributed by atoms with van der Waals surface area (Å²) in [5.41, 5.74) is 7.06. The van der Waals surface area contributed by atoms with E-state index in [0.717, 1.165) is 14.0 Å². The molecule has 5 heteroatoms. The minimum absolute atomic E-state index is 0.266. The zero-order valence-electron chi connectivity index (χ0n) is 8.00. The highest BCUT2D eigenvalue weighted by Crippen LogP contribution is 2.35. The Hall–Kier alpha value is -1.13. The molecule has 0 unspecified atom stereocenters. The fraction of sp³-hybridized carbons (Fsp3) is 0. The van der Waals surface area contributed by atoms with Gasteiger partial charge in [-0.2, -0.15) is 5.26 Å². The number of anilines is 1. The maximum absolute atomic E-state index is 12.9. The molecule has 1 aromatic heterocycles. The molecule has 0 fully saturated rings. The van der Waals surface area contributed by atoms with Gasteiger partial charge >= 0.3 is 0 Å². The SMILES string of the molecule is N#Cc1sc(-c2ccc(F)cc2I)cc1N. The van der Waals surface area contributed by atoms with Crippen LogP contribution in [0, 0.1) is 20.7 Å².